The van der Waals surface area contributed by atoms with Gasteiger partial charge in [-0.05, 0) is 31.0 Å². The highest BCUT2D eigenvalue weighted by molar-refractivity contribution is 6.21. The molecule has 2 aromatic rings. The predicted octanol–water partition coefficient (Wildman–Crippen LogP) is 2.91. The monoisotopic (exact) mass is 422 g/mol. The lowest BCUT2D eigenvalue weighted by atomic mass is 9.96. The van der Waals surface area contributed by atoms with E-state index in [4.69, 9.17) is 4.74 Å². The van der Waals surface area contributed by atoms with Crippen LogP contribution in [0.1, 0.15) is 58.9 Å². The summed E-state index contributed by atoms with van der Waals surface area (Å²) in [4.78, 5) is 50.2. The van der Waals surface area contributed by atoms with Crippen molar-refractivity contribution >= 4 is 23.7 Å². The predicted molar refractivity (Wildman–Crippen MR) is 114 cm³/mol. The second-order valence-electron chi connectivity index (χ2n) is 7.45. The first-order chi connectivity index (χ1) is 14.9. The molecule has 0 aliphatic carbocycles. The van der Waals surface area contributed by atoms with Gasteiger partial charge in [-0.15, -0.1) is 0 Å². The molecule has 2 atom stereocenters. The molecule has 0 radical (unpaired) electrons. The molecule has 0 aromatic heterocycles. The van der Waals surface area contributed by atoms with E-state index in [9.17, 15) is 19.2 Å². The lowest BCUT2D eigenvalue weighted by Gasteiger charge is -2.19. The topological polar surface area (TPSA) is 92.8 Å². The first-order valence-electron chi connectivity index (χ1n) is 10.4. The van der Waals surface area contributed by atoms with Crippen molar-refractivity contribution in [3.63, 3.8) is 0 Å². The van der Waals surface area contributed by atoms with Crippen LogP contribution >= 0.6 is 0 Å². The number of amides is 3. The second kappa shape index (κ2) is 10.0. The molecule has 0 fully saturated rings. The van der Waals surface area contributed by atoms with Crippen LogP contribution in [0.15, 0.2) is 54.6 Å². The summed E-state index contributed by atoms with van der Waals surface area (Å²) >= 11 is 0. The second-order valence-corrected chi connectivity index (χ2v) is 7.45. The number of nitrogens with zero attached hydrogens (tertiary/aromatic N) is 1. The van der Waals surface area contributed by atoms with Gasteiger partial charge in [0.05, 0.1) is 17.5 Å². The van der Waals surface area contributed by atoms with E-state index < -0.39 is 23.9 Å². The Labute approximate surface area is 181 Å². The summed E-state index contributed by atoms with van der Waals surface area (Å²) in [5.74, 6) is -1.71. The quantitative estimate of drug-likeness (QED) is 0.495. The zero-order chi connectivity index (χ0) is 22.4. The van der Waals surface area contributed by atoms with Gasteiger partial charge in [-0.2, -0.15) is 0 Å². The summed E-state index contributed by atoms with van der Waals surface area (Å²) in [7, 11) is 0. The minimum atomic E-state index is -0.969. The highest BCUT2D eigenvalue weighted by Gasteiger charge is 2.35. The maximum Gasteiger partial charge on any atom is 0.308 e. The van der Waals surface area contributed by atoms with Gasteiger partial charge >= 0.3 is 5.97 Å². The van der Waals surface area contributed by atoms with Crippen LogP contribution in [-0.4, -0.2) is 47.8 Å². The first kappa shape index (κ1) is 22.2. The van der Waals surface area contributed by atoms with Crippen molar-refractivity contribution in [3.05, 3.63) is 71.3 Å². The van der Waals surface area contributed by atoms with E-state index in [-0.39, 0.29) is 24.8 Å². The molecule has 1 aliphatic heterocycles. The minimum Gasteiger partial charge on any atom is -0.452 e. The molecule has 2 aromatic carbocycles. The third kappa shape index (κ3) is 5.17. The van der Waals surface area contributed by atoms with E-state index in [1.165, 1.54) is 6.92 Å². The lowest BCUT2D eigenvalue weighted by Crippen LogP contribution is -2.38. The molecule has 3 rings (SSSR count). The molecule has 3 amide bonds. The van der Waals surface area contributed by atoms with Crippen molar-refractivity contribution < 1.29 is 23.9 Å². The van der Waals surface area contributed by atoms with Crippen molar-refractivity contribution in [1.29, 1.82) is 0 Å². The minimum absolute atomic E-state index is 0.0918. The van der Waals surface area contributed by atoms with Crippen molar-refractivity contribution in [2.24, 2.45) is 0 Å². The fourth-order valence-electron chi connectivity index (χ4n) is 3.55. The van der Waals surface area contributed by atoms with E-state index in [1.807, 2.05) is 37.3 Å². The molecule has 0 bridgehead atoms. The Balaban J connectivity index is 1.45. The van der Waals surface area contributed by atoms with Gasteiger partial charge < -0.3 is 10.1 Å². The summed E-state index contributed by atoms with van der Waals surface area (Å²) in [6.07, 6.45) is -0.286. The molecule has 1 heterocycles. The highest BCUT2D eigenvalue weighted by Crippen LogP contribution is 2.22. The van der Waals surface area contributed by atoms with Crippen LogP contribution in [0.25, 0.3) is 0 Å². The standard InChI is InChI=1S/C24H26N2O5/c1-3-17(18-9-5-4-6-10-18)15-25-22(28)16(2)31-21(27)13-14-26-23(29)19-11-7-8-12-20(19)24(26)30/h4-12,16-17H,3,13-15H2,1-2H3,(H,25,28)/t16-,17-/m1/s1. The molecule has 1 aliphatic rings. The number of carbonyl (C=O) groups is 4. The van der Waals surface area contributed by atoms with E-state index in [0.29, 0.717) is 17.7 Å². The number of benzene rings is 2. The molecule has 7 heteroatoms. The Morgan fingerprint density at radius 1 is 0.968 bits per heavy atom. The maximum absolute atomic E-state index is 12.3. The van der Waals surface area contributed by atoms with E-state index in [2.05, 4.69) is 5.32 Å². The largest absolute Gasteiger partial charge is 0.452 e. The van der Waals surface area contributed by atoms with Crippen LogP contribution in [0.3, 0.4) is 0 Å². The van der Waals surface area contributed by atoms with Crippen molar-refractivity contribution in [1.82, 2.24) is 10.2 Å². The molecular weight excluding hydrogens is 396 g/mol. The SMILES string of the molecule is CC[C@H](CNC(=O)[C@@H](C)OC(=O)CCN1C(=O)c2ccccc2C1=O)c1ccccc1. The number of ether oxygens (including phenoxy) is 1. The van der Waals surface area contributed by atoms with Crippen LogP contribution in [-0.2, 0) is 14.3 Å². The molecule has 1 N–H and O–H groups in total. The zero-order valence-corrected chi connectivity index (χ0v) is 17.7. The van der Waals surface area contributed by atoms with E-state index >= 15 is 0 Å². The normalized spacial score (nSPS) is 14.7. The van der Waals surface area contributed by atoms with Crippen molar-refractivity contribution in [2.75, 3.05) is 13.1 Å². The summed E-state index contributed by atoms with van der Waals surface area (Å²) < 4.78 is 5.19. The Kier molecular flexibility index (Phi) is 7.18. The first-order valence-corrected chi connectivity index (χ1v) is 10.4. The van der Waals surface area contributed by atoms with Crippen LogP contribution < -0.4 is 5.32 Å². The Morgan fingerprint density at radius 3 is 2.13 bits per heavy atom. The number of hydrogen-bond acceptors (Lipinski definition) is 5. The maximum atomic E-state index is 12.3. The third-order valence-electron chi connectivity index (χ3n) is 5.38. The molecular formula is C24H26N2O5. The van der Waals surface area contributed by atoms with Crippen molar-refractivity contribution in [2.45, 2.75) is 38.7 Å². The van der Waals surface area contributed by atoms with Crippen LogP contribution in [0.5, 0.6) is 0 Å². The number of rotatable bonds is 9. The van der Waals surface area contributed by atoms with Crippen LogP contribution in [0, 0.1) is 0 Å². The fraction of sp³-hybridized carbons (Fsp3) is 0.333. The zero-order valence-electron chi connectivity index (χ0n) is 17.7. The van der Waals surface area contributed by atoms with Crippen LogP contribution in [0.2, 0.25) is 0 Å². The van der Waals surface area contributed by atoms with Gasteiger partial charge in [0.1, 0.15) is 0 Å². The van der Waals surface area contributed by atoms with Crippen LogP contribution in [0.4, 0.5) is 0 Å². The average molecular weight is 422 g/mol. The third-order valence-corrected chi connectivity index (χ3v) is 5.38. The Morgan fingerprint density at radius 2 is 1.55 bits per heavy atom. The summed E-state index contributed by atoms with van der Waals surface area (Å²) in [5.41, 5.74) is 1.80. The highest BCUT2D eigenvalue weighted by atomic mass is 16.5. The molecule has 162 valence electrons. The van der Waals surface area contributed by atoms with E-state index in [1.54, 1.807) is 24.3 Å². The average Bonchev–Trinajstić information content (AvgIpc) is 3.03. The molecule has 0 saturated heterocycles. The Bertz CT molecular complexity index is 938. The van der Waals surface area contributed by atoms with Gasteiger partial charge in [0.2, 0.25) is 0 Å². The number of carbonyl (C=O) groups excluding carboxylic acids is 4. The fourth-order valence-corrected chi connectivity index (χ4v) is 3.55. The molecule has 31 heavy (non-hydrogen) atoms. The summed E-state index contributed by atoms with van der Waals surface area (Å²) in [6.45, 7) is 3.90. The van der Waals surface area contributed by atoms with Gasteiger partial charge in [-0.25, -0.2) is 0 Å². The van der Waals surface area contributed by atoms with Gasteiger partial charge in [0, 0.05) is 19.0 Å². The van der Waals surface area contributed by atoms with Gasteiger partial charge in [0.15, 0.2) is 6.10 Å². The number of nitrogens with one attached hydrogen (secondary N) is 1. The lowest BCUT2D eigenvalue weighted by molar-refractivity contribution is -0.154. The molecule has 0 unspecified atom stereocenters. The van der Waals surface area contributed by atoms with Crippen molar-refractivity contribution in [3.8, 4) is 0 Å². The smallest absolute Gasteiger partial charge is 0.308 e. The number of hydrogen-bond donors (Lipinski definition) is 1. The summed E-state index contributed by atoms with van der Waals surface area (Å²) in [6, 6.07) is 16.4. The number of imide groups is 1. The molecule has 0 saturated carbocycles. The van der Waals surface area contributed by atoms with Gasteiger partial charge in [0.25, 0.3) is 17.7 Å². The molecule has 0 spiro atoms. The molecule has 7 nitrogen and oxygen atoms in total. The van der Waals surface area contributed by atoms with E-state index in [0.717, 1.165) is 16.9 Å². The Hall–Kier alpha value is -3.48. The number of esters is 1. The van der Waals surface area contributed by atoms with Gasteiger partial charge in [-0.3, -0.25) is 24.1 Å². The number of fused-ring (bicyclic) bond motifs is 1. The summed E-state index contributed by atoms with van der Waals surface area (Å²) in [5, 5.41) is 2.83. The van der Waals surface area contributed by atoms with Gasteiger partial charge in [-0.1, -0.05) is 49.4 Å².